The number of rotatable bonds is 6. The van der Waals surface area contributed by atoms with Crippen molar-refractivity contribution in [1.82, 2.24) is 0 Å². The van der Waals surface area contributed by atoms with Crippen LogP contribution in [0.15, 0.2) is 24.3 Å². The molecule has 20 heavy (non-hydrogen) atoms. The van der Waals surface area contributed by atoms with Gasteiger partial charge in [0.15, 0.2) is 6.04 Å². The van der Waals surface area contributed by atoms with Gasteiger partial charge in [-0.05, 0) is 31.7 Å². The molecule has 1 amide bonds. The molecule has 0 bridgehead atoms. The quantitative estimate of drug-likeness (QED) is 0.473. The summed E-state index contributed by atoms with van der Waals surface area (Å²) in [6.45, 7) is 7.67. The average molecular weight is 282 g/mol. The highest BCUT2D eigenvalue weighted by atomic mass is 16.9. The summed E-state index contributed by atoms with van der Waals surface area (Å²) in [6.07, 6.45) is -0.455. The van der Waals surface area contributed by atoms with E-state index < -0.39 is 16.9 Å². The van der Waals surface area contributed by atoms with E-state index in [1.807, 2.05) is 24.3 Å². The standard InChI is InChI=1S/C15H23NO4/c1-5-20-16(19,15(17)18)12(4)14-8-6-13(7-9-14)10-11(2)3/h6-9,11-12,19H,5,10H2,1-4H3/p+1. The predicted molar refractivity (Wildman–Crippen MR) is 75.1 cm³/mol. The van der Waals surface area contributed by atoms with E-state index in [0.29, 0.717) is 5.92 Å². The molecule has 0 heterocycles. The van der Waals surface area contributed by atoms with Crippen molar-refractivity contribution in [3.63, 3.8) is 0 Å². The first-order valence-corrected chi connectivity index (χ1v) is 6.89. The Morgan fingerprint density at radius 2 is 1.80 bits per heavy atom. The van der Waals surface area contributed by atoms with Gasteiger partial charge in [-0.3, -0.25) is 0 Å². The normalized spacial score (nSPS) is 15.9. The molecule has 1 aromatic rings. The summed E-state index contributed by atoms with van der Waals surface area (Å²) in [7, 11) is 0. The second-order valence-electron chi connectivity index (χ2n) is 5.34. The Labute approximate surface area is 119 Å². The number of amides is 1. The molecule has 112 valence electrons. The first-order valence-electron chi connectivity index (χ1n) is 6.89. The highest BCUT2D eigenvalue weighted by molar-refractivity contribution is 5.55. The molecule has 1 aromatic carbocycles. The molecule has 5 nitrogen and oxygen atoms in total. The van der Waals surface area contributed by atoms with E-state index in [1.54, 1.807) is 13.8 Å². The zero-order valence-corrected chi connectivity index (χ0v) is 12.5. The molecule has 0 aliphatic rings. The van der Waals surface area contributed by atoms with Gasteiger partial charge < -0.3 is 5.11 Å². The van der Waals surface area contributed by atoms with Crippen molar-refractivity contribution in [2.75, 3.05) is 6.61 Å². The van der Waals surface area contributed by atoms with Crippen molar-refractivity contribution >= 4 is 6.09 Å². The van der Waals surface area contributed by atoms with Crippen LogP contribution in [0.25, 0.3) is 0 Å². The molecule has 0 saturated heterocycles. The van der Waals surface area contributed by atoms with E-state index in [1.165, 1.54) is 5.56 Å². The number of nitrogens with zero attached hydrogens (tertiary/aromatic N) is 1. The maximum Gasteiger partial charge on any atom is 0.582 e. The summed E-state index contributed by atoms with van der Waals surface area (Å²) in [5.74, 6) is 0.563. The van der Waals surface area contributed by atoms with Crippen molar-refractivity contribution in [1.29, 1.82) is 0 Å². The van der Waals surface area contributed by atoms with E-state index in [0.717, 1.165) is 12.0 Å². The number of carboxylic acid groups (broad SMARTS) is 1. The molecular weight excluding hydrogens is 258 g/mol. The van der Waals surface area contributed by atoms with Crippen molar-refractivity contribution in [2.24, 2.45) is 5.92 Å². The predicted octanol–water partition coefficient (Wildman–Crippen LogP) is 3.78. The lowest BCUT2D eigenvalue weighted by Gasteiger charge is -2.27. The monoisotopic (exact) mass is 282 g/mol. The lowest BCUT2D eigenvalue weighted by molar-refractivity contribution is -1.21. The van der Waals surface area contributed by atoms with E-state index in [4.69, 9.17) is 9.94 Å². The van der Waals surface area contributed by atoms with Crippen LogP contribution in [-0.2, 0) is 11.3 Å². The van der Waals surface area contributed by atoms with Gasteiger partial charge in [0.2, 0.25) is 0 Å². The second kappa shape index (κ2) is 6.83. The summed E-state index contributed by atoms with van der Waals surface area (Å²) in [4.78, 5) is 14.8. The van der Waals surface area contributed by atoms with Gasteiger partial charge in [-0.25, -0.2) is 0 Å². The fourth-order valence-electron chi connectivity index (χ4n) is 2.14. The Bertz CT molecular complexity index is 444. The fraction of sp³-hybridized carbons (Fsp3) is 0.533. The van der Waals surface area contributed by atoms with Crippen LogP contribution in [0, 0.1) is 5.92 Å². The summed E-state index contributed by atoms with van der Waals surface area (Å²) in [5.41, 5.74) is 1.91. The van der Waals surface area contributed by atoms with Crippen LogP contribution < -0.4 is 0 Å². The zero-order chi connectivity index (χ0) is 15.3. The topological polar surface area (TPSA) is 66.8 Å². The molecule has 0 spiro atoms. The summed E-state index contributed by atoms with van der Waals surface area (Å²) >= 11 is 0. The number of hydrogen-bond donors (Lipinski definition) is 2. The molecule has 0 aromatic heterocycles. The van der Waals surface area contributed by atoms with E-state index >= 15 is 0 Å². The minimum absolute atomic E-state index is 0.110. The van der Waals surface area contributed by atoms with E-state index in [9.17, 15) is 10.0 Å². The third-order valence-electron chi connectivity index (χ3n) is 3.23. The van der Waals surface area contributed by atoms with Gasteiger partial charge in [0.1, 0.15) is 6.61 Å². The molecule has 0 saturated carbocycles. The van der Waals surface area contributed by atoms with Crippen LogP contribution in [0.2, 0.25) is 0 Å². The highest BCUT2D eigenvalue weighted by Crippen LogP contribution is 2.27. The summed E-state index contributed by atoms with van der Waals surface area (Å²) < 4.78 is 0. The maximum absolute atomic E-state index is 11.2. The number of quaternary nitrogens is 1. The van der Waals surface area contributed by atoms with Crippen LogP contribution in [0.4, 0.5) is 4.79 Å². The van der Waals surface area contributed by atoms with Gasteiger partial charge in [0.05, 0.1) is 4.81 Å². The van der Waals surface area contributed by atoms with Crippen LogP contribution in [0.5, 0.6) is 0 Å². The van der Waals surface area contributed by atoms with E-state index in [-0.39, 0.29) is 6.61 Å². The van der Waals surface area contributed by atoms with Crippen LogP contribution >= 0.6 is 0 Å². The first kappa shape index (κ1) is 16.6. The van der Waals surface area contributed by atoms with Crippen LogP contribution in [0.1, 0.15) is 44.9 Å². The van der Waals surface area contributed by atoms with Gasteiger partial charge in [-0.2, -0.15) is 14.8 Å². The SMILES string of the molecule is CCO[N+](O)(C(=O)O)C(C)c1ccc(CC(C)C)cc1. The zero-order valence-electron chi connectivity index (χ0n) is 12.5. The number of hydroxylamine groups is 4. The highest BCUT2D eigenvalue weighted by Gasteiger charge is 2.45. The Kier molecular flexibility index (Phi) is 5.68. The van der Waals surface area contributed by atoms with Crippen LogP contribution in [0.3, 0.4) is 0 Å². The molecule has 2 N–H and O–H groups in total. The summed E-state index contributed by atoms with van der Waals surface area (Å²) in [6, 6.07) is 6.90. The van der Waals surface area contributed by atoms with Gasteiger partial charge >= 0.3 is 6.09 Å². The largest absolute Gasteiger partial charge is 0.582 e. The smallest absolute Gasteiger partial charge is 0.431 e. The van der Waals surface area contributed by atoms with Crippen molar-refractivity contribution in [3.05, 3.63) is 35.4 Å². The Hall–Kier alpha value is -1.43. The summed E-state index contributed by atoms with van der Waals surface area (Å²) in [5, 5.41) is 19.3. The van der Waals surface area contributed by atoms with Gasteiger partial charge in [-0.15, -0.1) is 0 Å². The number of hydrogen-bond acceptors (Lipinski definition) is 3. The number of carbonyl (C=O) groups is 1. The maximum atomic E-state index is 11.2. The molecule has 5 heteroatoms. The second-order valence-corrected chi connectivity index (χ2v) is 5.34. The van der Waals surface area contributed by atoms with Gasteiger partial charge in [0.25, 0.3) is 0 Å². The fourth-order valence-corrected chi connectivity index (χ4v) is 2.14. The third kappa shape index (κ3) is 3.79. The first-order chi connectivity index (χ1) is 9.31. The van der Waals surface area contributed by atoms with Crippen molar-refractivity contribution in [2.45, 2.75) is 40.2 Å². The van der Waals surface area contributed by atoms with Crippen molar-refractivity contribution in [3.8, 4) is 0 Å². The Balaban J connectivity index is 2.95. The number of benzene rings is 1. The lowest BCUT2D eigenvalue weighted by atomic mass is 10.00. The lowest BCUT2D eigenvalue weighted by Crippen LogP contribution is -2.50. The molecule has 2 atom stereocenters. The molecule has 2 unspecified atom stereocenters. The third-order valence-corrected chi connectivity index (χ3v) is 3.23. The van der Waals surface area contributed by atoms with E-state index in [2.05, 4.69) is 13.8 Å². The minimum atomic E-state index is -1.46. The Morgan fingerprint density at radius 1 is 1.25 bits per heavy atom. The molecular formula is C15H24NO4+. The molecule has 0 radical (unpaired) electrons. The molecule has 0 fully saturated rings. The van der Waals surface area contributed by atoms with Gasteiger partial charge in [-0.1, -0.05) is 38.1 Å². The van der Waals surface area contributed by atoms with Gasteiger partial charge in [0, 0.05) is 5.56 Å². The average Bonchev–Trinajstić information content (AvgIpc) is 2.38. The minimum Gasteiger partial charge on any atom is -0.431 e. The molecule has 0 aliphatic heterocycles. The molecule has 0 aliphatic carbocycles. The molecule has 1 rings (SSSR count). The Morgan fingerprint density at radius 3 is 2.20 bits per heavy atom. The van der Waals surface area contributed by atoms with Crippen LogP contribution in [-0.4, -0.2) is 27.8 Å². The van der Waals surface area contributed by atoms with Crippen molar-refractivity contribution < 1.29 is 24.8 Å².